The van der Waals surface area contributed by atoms with Crippen molar-refractivity contribution in [1.82, 2.24) is 4.98 Å². The number of hydrogen-bond acceptors (Lipinski definition) is 5. The van der Waals surface area contributed by atoms with Crippen molar-refractivity contribution in [3.05, 3.63) is 16.7 Å². The number of aliphatic hydroxyl groups excluding tert-OH is 1. The Morgan fingerprint density at radius 2 is 2.41 bits per heavy atom. The molecule has 1 aliphatic rings. The highest BCUT2D eigenvalue weighted by Gasteiger charge is 2.26. The zero-order valence-electron chi connectivity index (χ0n) is 9.64. The maximum atomic E-state index is 9.18. The molecule has 0 amide bonds. The Bertz CT molecular complexity index is 402. The van der Waals surface area contributed by atoms with Crippen molar-refractivity contribution in [2.24, 2.45) is 0 Å². The minimum atomic E-state index is -0.162. The third-order valence-electron chi connectivity index (χ3n) is 2.67. The molecule has 94 valence electrons. The highest BCUT2D eigenvalue weighted by Crippen LogP contribution is 2.27. The minimum absolute atomic E-state index is 0.0213. The first-order valence-corrected chi connectivity index (χ1v) is 6.31. The monoisotopic (exact) mass is 301 g/mol. The second kappa shape index (κ2) is 5.20. The number of nitrogens with zero attached hydrogens (tertiary/aromatic N) is 2. The molecular formula is C11H16BrN3O2. The van der Waals surface area contributed by atoms with Crippen molar-refractivity contribution in [2.75, 3.05) is 30.3 Å². The van der Waals surface area contributed by atoms with Gasteiger partial charge in [-0.15, -0.1) is 0 Å². The average Bonchev–Trinajstić information content (AvgIpc) is 2.28. The lowest BCUT2D eigenvalue weighted by Gasteiger charge is -2.37. The van der Waals surface area contributed by atoms with Gasteiger partial charge in [-0.1, -0.05) is 0 Å². The quantitative estimate of drug-likeness (QED) is 0.853. The molecule has 0 radical (unpaired) electrons. The summed E-state index contributed by atoms with van der Waals surface area (Å²) >= 11 is 3.46. The lowest BCUT2D eigenvalue weighted by Crippen LogP contribution is -2.48. The Morgan fingerprint density at radius 1 is 1.65 bits per heavy atom. The number of rotatable bonds is 2. The lowest BCUT2D eigenvalue weighted by molar-refractivity contribution is -0.0423. The molecule has 1 aliphatic heterocycles. The number of nitrogen functional groups attached to an aromatic ring is 1. The van der Waals surface area contributed by atoms with Gasteiger partial charge in [-0.05, 0) is 28.9 Å². The van der Waals surface area contributed by atoms with E-state index < -0.39 is 0 Å². The average molecular weight is 302 g/mol. The summed E-state index contributed by atoms with van der Waals surface area (Å²) in [4.78, 5) is 6.42. The molecule has 0 aliphatic carbocycles. The number of anilines is 2. The summed E-state index contributed by atoms with van der Waals surface area (Å²) in [5, 5.41) is 9.18. The third kappa shape index (κ3) is 2.88. The van der Waals surface area contributed by atoms with Gasteiger partial charge in [-0.25, -0.2) is 4.98 Å². The third-order valence-corrected chi connectivity index (χ3v) is 3.26. The second-order valence-electron chi connectivity index (χ2n) is 4.23. The predicted molar refractivity (Wildman–Crippen MR) is 70.0 cm³/mol. The van der Waals surface area contributed by atoms with E-state index in [1.807, 2.05) is 13.0 Å². The Labute approximate surface area is 109 Å². The Hall–Kier alpha value is -0.850. The van der Waals surface area contributed by atoms with E-state index in [0.717, 1.165) is 16.8 Å². The summed E-state index contributed by atoms with van der Waals surface area (Å²) < 4.78 is 6.46. The molecular weight excluding hydrogens is 286 g/mol. The Balaban J connectivity index is 2.20. The van der Waals surface area contributed by atoms with Crippen LogP contribution in [0.15, 0.2) is 16.7 Å². The van der Waals surface area contributed by atoms with Crippen molar-refractivity contribution >= 4 is 27.4 Å². The van der Waals surface area contributed by atoms with E-state index in [9.17, 15) is 5.11 Å². The van der Waals surface area contributed by atoms with Crippen LogP contribution < -0.4 is 10.6 Å². The van der Waals surface area contributed by atoms with Gasteiger partial charge in [0.15, 0.2) is 0 Å². The molecule has 17 heavy (non-hydrogen) atoms. The van der Waals surface area contributed by atoms with Gasteiger partial charge in [0.1, 0.15) is 5.82 Å². The van der Waals surface area contributed by atoms with Gasteiger partial charge in [0, 0.05) is 13.1 Å². The largest absolute Gasteiger partial charge is 0.397 e. The molecule has 0 bridgehead atoms. The van der Waals surface area contributed by atoms with Crippen LogP contribution in [-0.4, -0.2) is 42.0 Å². The molecule has 6 heteroatoms. The van der Waals surface area contributed by atoms with Crippen LogP contribution in [0.1, 0.15) is 6.92 Å². The molecule has 5 nitrogen and oxygen atoms in total. The van der Waals surface area contributed by atoms with Gasteiger partial charge < -0.3 is 20.5 Å². The topological polar surface area (TPSA) is 71.6 Å². The molecule has 2 unspecified atom stereocenters. The smallest absolute Gasteiger partial charge is 0.143 e. The Kier molecular flexibility index (Phi) is 3.86. The van der Waals surface area contributed by atoms with Gasteiger partial charge >= 0.3 is 0 Å². The van der Waals surface area contributed by atoms with Gasteiger partial charge in [0.2, 0.25) is 0 Å². The van der Waals surface area contributed by atoms with E-state index in [1.54, 1.807) is 6.20 Å². The van der Waals surface area contributed by atoms with Crippen molar-refractivity contribution in [2.45, 2.75) is 19.1 Å². The summed E-state index contributed by atoms with van der Waals surface area (Å²) in [5.74, 6) is 0.841. The summed E-state index contributed by atoms with van der Waals surface area (Å²) in [7, 11) is 0. The van der Waals surface area contributed by atoms with Crippen molar-refractivity contribution in [1.29, 1.82) is 0 Å². The van der Waals surface area contributed by atoms with Gasteiger partial charge in [0.25, 0.3) is 0 Å². The highest BCUT2D eigenvalue weighted by atomic mass is 79.9. The van der Waals surface area contributed by atoms with Crippen LogP contribution in [0.4, 0.5) is 11.5 Å². The number of aliphatic hydroxyl groups is 1. The lowest BCUT2D eigenvalue weighted by atomic mass is 10.2. The molecule has 0 saturated carbocycles. The first-order chi connectivity index (χ1) is 8.10. The normalized spacial score (nSPS) is 25.0. The number of nitrogens with two attached hydrogens (primary N) is 1. The summed E-state index contributed by atoms with van der Waals surface area (Å²) in [6, 6.07) is 1.83. The Morgan fingerprint density at radius 3 is 3.06 bits per heavy atom. The fourth-order valence-electron chi connectivity index (χ4n) is 2.00. The van der Waals surface area contributed by atoms with Crippen molar-refractivity contribution in [3.8, 4) is 0 Å². The number of halogens is 1. The van der Waals surface area contributed by atoms with Gasteiger partial charge in [-0.2, -0.15) is 0 Å². The number of aromatic nitrogens is 1. The number of pyridine rings is 1. The second-order valence-corrected chi connectivity index (χ2v) is 5.08. The zero-order valence-corrected chi connectivity index (χ0v) is 11.2. The maximum absolute atomic E-state index is 9.18. The standard InChI is InChI=1S/C11H16BrN3O2/c1-7-4-15(5-9(6-16)17-7)11-10(12)2-8(13)3-14-11/h2-3,7,9,16H,4-6,13H2,1H3. The maximum Gasteiger partial charge on any atom is 0.143 e. The first-order valence-electron chi connectivity index (χ1n) is 5.52. The fourth-order valence-corrected chi connectivity index (χ4v) is 2.61. The number of ether oxygens (including phenoxy) is 1. The molecule has 2 heterocycles. The molecule has 1 fully saturated rings. The van der Waals surface area contributed by atoms with E-state index in [4.69, 9.17) is 10.5 Å². The fraction of sp³-hybridized carbons (Fsp3) is 0.545. The minimum Gasteiger partial charge on any atom is -0.397 e. The number of morpholine rings is 1. The van der Waals surface area contributed by atoms with Crippen molar-refractivity contribution in [3.63, 3.8) is 0 Å². The molecule has 1 aromatic rings. The van der Waals surface area contributed by atoms with Crippen LogP contribution in [-0.2, 0) is 4.74 Å². The van der Waals surface area contributed by atoms with E-state index in [2.05, 4.69) is 25.8 Å². The van der Waals surface area contributed by atoms with Crippen LogP contribution in [0.25, 0.3) is 0 Å². The molecule has 0 spiro atoms. The molecule has 3 N–H and O–H groups in total. The highest BCUT2D eigenvalue weighted by molar-refractivity contribution is 9.10. The van der Waals surface area contributed by atoms with E-state index in [1.165, 1.54) is 0 Å². The van der Waals surface area contributed by atoms with Crippen LogP contribution >= 0.6 is 15.9 Å². The summed E-state index contributed by atoms with van der Waals surface area (Å²) in [5.41, 5.74) is 6.29. The van der Waals surface area contributed by atoms with E-state index in [0.29, 0.717) is 12.2 Å². The molecule has 1 aromatic heterocycles. The van der Waals surface area contributed by atoms with Gasteiger partial charge in [0.05, 0.1) is 35.2 Å². The first kappa shape index (κ1) is 12.6. The molecule has 2 rings (SSSR count). The van der Waals surface area contributed by atoms with E-state index >= 15 is 0 Å². The van der Waals surface area contributed by atoms with Crippen molar-refractivity contribution < 1.29 is 9.84 Å². The van der Waals surface area contributed by atoms with E-state index in [-0.39, 0.29) is 18.8 Å². The van der Waals surface area contributed by atoms with Crippen LogP contribution in [0, 0.1) is 0 Å². The SMILES string of the molecule is CC1CN(c2ncc(N)cc2Br)CC(CO)O1. The van der Waals surface area contributed by atoms with Crippen LogP contribution in [0.5, 0.6) is 0 Å². The molecule has 0 aromatic carbocycles. The van der Waals surface area contributed by atoms with Gasteiger partial charge in [-0.3, -0.25) is 0 Å². The molecule has 1 saturated heterocycles. The predicted octanol–water partition coefficient (Wildman–Crippen LogP) is 1.01. The zero-order chi connectivity index (χ0) is 12.4. The van der Waals surface area contributed by atoms with Crippen LogP contribution in [0.3, 0.4) is 0 Å². The molecule has 2 atom stereocenters. The summed E-state index contributed by atoms with van der Waals surface area (Å²) in [6.45, 7) is 3.40. The van der Waals surface area contributed by atoms with Crippen LogP contribution in [0.2, 0.25) is 0 Å². The summed E-state index contributed by atoms with van der Waals surface area (Å²) in [6.07, 6.45) is 1.55. The number of hydrogen-bond donors (Lipinski definition) is 2.